The SMILES string of the molecule is CC(=O)N1CCN(Cc2cccc(-c3ccc4[nH]ccc4c3)c2)CC1. The smallest absolute Gasteiger partial charge is 0.219 e. The number of benzene rings is 2. The predicted octanol–water partition coefficient (Wildman–Crippen LogP) is 3.50. The van der Waals surface area contributed by atoms with E-state index >= 15 is 0 Å². The van der Waals surface area contributed by atoms with Crippen molar-refractivity contribution in [2.45, 2.75) is 13.5 Å². The number of hydrogen-bond acceptors (Lipinski definition) is 2. The quantitative estimate of drug-likeness (QED) is 0.797. The third kappa shape index (κ3) is 3.44. The van der Waals surface area contributed by atoms with Crippen LogP contribution in [0.25, 0.3) is 22.0 Å². The summed E-state index contributed by atoms with van der Waals surface area (Å²) in [5, 5.41) is 1.24. The minimum atomic E-state index is 0.182. The van der Waals surface area contributed by atoms with Crippen LogP contribution in [0.5, 0.6) is 0 Å². The zero-order chi connectivity index (χ0) is 17.2. The molecule has 4 rings (SSSR count). The van der Waals surface area contributed by atoms with Crippen molar-refractivity contribution in [2.24, 2.45) is 0 Å². The highest BCUT2D eigenvalue weighted by Gasteiger charge is 2.18. The van der Waals surface area contributed by atoms with Crippen LogP contribution >= 0.6 is 0 Å². The summed E-state index contributed by atoms with van der Waals surface area (Å²) in [4.78, 5) is 19.0. The van der Waals surface area contributed by atoms with E-state index in [4.69, 9.17) is 0 Å². The van der Waals surface area contributed by atoms with E-state index in [0.29, 0.717) is 0 Å². The molecule has 1 aromatic heterocycles. The van der Waals surface area contributed by atoms with Gasteiger partial charge in [0.2, 0.25) is 5.91 Å². The van der Waals surface area contributed by atoms with Crippen molar-refractivity contribution in [3.05, 3.63) is 60.3 Å². The normalized spacial score (nSPS) is 15.6. The Morgan fingerprint density at radius 2 is 1.80 bits per heavy atom. The average Bonchev–Trinajstić information content (AvgIpc) is 3.10. The summed E-state index contributed by atoms with van der Waals surface area (Å²) in [5.41, 5.74) is 4.99. The highest BCUT2D eigenvalue weighted by Crippen LogP contribution is 2.25. The van der Waals surface area contributed by atoms with E-state index in [1.54, 1.807) is 6.92 Å². The van der Waals surface area contributed by atoms with Crippen molar-refractivity contribution in [3.63, 3.8) is 0 Å². The average molecular weight is 333 g/mol. The maximum absolute atomic E-state index is 11.4. The van der Waals surface area contributed by atoms with Crippen LogP contribution in [0.15, 0.2) is 54.7 Å². The molecule has 2 heterocycles. The number of carbonyl (C=O) groups is 1. The van der Waals surface area contributed by atoms with Gasteiger partial charge in [-0.15, -0.1) is 0 Å². The lowest BCUT2D eigenvalue weighted by atomic mass is 10.0. The Bertz CT molecular complexity index is 891. The van der Waals surface area contributed by atoms with E-state index in [-0.39, 0.29) is 5.91 Å². The monoisotopic (exact) mass is 333 g/mol. The fourth-order valence-electron chi connectivity index (χ4n) is 3.56. The second-order valence-electron chi connectivity index (χ2n) is 6.76. The van der Waals surface area contributed by atoms with Gasteiger partial charge in [0.05, 0.1) is 0 Å². The minimum Gasteiger partial charge on any atom is -0.361 e. The molecule has 1 saturated heterocycles. The summed E-state index contributed by atoms with van der Waals surface area (Å²) in [7, 11) is 0. The Balaban J connectivity index is 1.49. The Labute approximate surface area is 148 Å². The van der Waals surface area contributed by atoms with Crippen molar-refractivity contribution >= 4 is 16.8 Å². The lowest BCUT2D eigenvalue weighted by Crippen LogP contribution is -2.47. The number of aromatic amines is 1. The molecule has 3 aromatic rings. The van der Waals surface area contributed by atoms with Gasteiger partial charge in [-0.05, 0) is 46.3 Å². The first-order valence-corrected chi connectivity index (χ1v) is 8.83. The van der Waals surface area contributed by atoms with E-state index in [1.807, 2.05) is 11.1 Å². The predicted molar refractivity (Wildman–Crippen MR) is 101 cm³/mol. The molecular formula is C21H23N3O. The largest absolute Gasteiger partial charge is 0.361 e. The molecule has 0 unspecified atom stereocenters. The number of amides is 1. The molecule has 128 valence electrons. The van der Waals surface area contributed by atoms with Crippen LogP contribution < -0.4 is 0 Å². The minimum absolute atomic E-state index is 0.182. The number of carbonyl (C=O) groups excluding carboxylic acids is 1. The van der Waals surface area contributed by atoms with Crippen LogP contribution in [-0.2, 0) is 11.3 Å². The maximum atomic E-state index is 11.4. The number of H-pyrrole nitrogens is 1. The second-order valence-corrected chi connectivity index (χ2v) is 6.76. The summed E-state index contributed by atoms with van der Waals surface area (Å²) in [6.07, 6.45) is 1.98. The van der Waals surface area contributed by atoms with Gasteiger partial charge in [0.15, 0.2) is 0 Å². The molecule has 25 heavy (non-hydrogen) atoms. The van der Waals surface area contributed by atoms with Crippen LogP contribution in [0.3, 0.4) is 0 Å². The number of fused-ring (bicyclic) bond motifs is 1. The first kappa shape index (κ1) is 15.9. The third-order valence-corrected chi connectivity index (χ3v) is 5.04. The molecule has 0 aliphatic carbocycles. The molecular weight excluding hydrogens is 310 g/mol. The van der Waals surface area contributed by atoms with Gasteiger partial charge in [0, 0.05) is 51.4 Å². The van der Waals surface area contributed by atoms with Crippen LogP contribution in [0, 0.1) is 0 Å². The van der Waals surface area contributed by atoms with Crippen LogP contribution in [0.1, 0.15) is 12.5 Å². The van der Waals surface area contributed by atoms with Gasteiger partial charge in [-0.25, -0.2) is 0 Å². The van der Waals surface area contributed by atoms with E-state index in [1.165, 1.54) is 27.6 Å². The molecule has 2 aromatic carbocycles. The molecule has 4 nitrogen and oxygen atoms in total. The summed E-state index contributed by atoms with van der Waals surface area (Å²) in [5.74, 6) is 0.182. The van der Waals surface area contributed by atoms with Gasteiger partial charge in [-0.3, -0.25) is 9.69 Å². The number of nitrogens with zero attached hydrogens (tertiary/aromatic N) is 2. The first-order valence-electron chi connectivity index (χ1n) is 8.83. The van der Waals surface area contributed by atoms with Crippen molar-refractivity contribution < 1.29 is 4.79 Å². The van der Waals surface area contributed by atoms with Crippen molar-refractivity contribution in [1.82, 2.24) is 14.8 Å². The lowest BCUT2D eigenvalue weighted by Gasteiger charge is -2.34. The number of hydrogen-bond donors (Lipinski definition) is 1. The fraction of sp³-hybridized carbons (Fsp3) is 0.286. The maximum Gasteiger partial charge on any atom is 0.219 e. The van der Waals surface area contributed by atoms with Crippen molar-refractivity contribution in [2.75, 3.05) is 26.2 Å². The Morgan fingerprint density at radius 3 is 2.60 bits per heavy atom. The molecule has 1 amide bonds. The van der Waals surface area contributed by atoms with Crippen LogP contribution in [-0.4, -0.2) is 46.9 Å². The standard InChI is InChI=1S/C21H23N3O/c1-16(25)24-11-9-23(10-12-24)15-17-3-2-4-18(13-17)19-5-6-21-20(14-19)7-8-22-21/h2-8,13-14,22H,9-12,15H2,1H3. The Kier molecular flexibility index (Phi) is 4.28. The molecule has 1 aliphatic heterocycles. The summed E-state index contributed by atoms with van der Waals surface area (Å²) in [6.45, 7) is 6.14. The topological polar surface area (TPSA) is 39.3 Å². The highest BCUT2D eigenvalue weighted by molar-refractivity contribution is 5.85. The zero-order valence-electron chi connectivity index (χ0n) is 14.5. The highest BCUT2D eigenvalue weighted by atomic mass is 16.2. The van der Waals surface area contributed by atoms with Gasteiger partial charge in [0.25, 0.3) is 0 Å². The number of nitrogens with one attached hydrogen (secondary N) is 1. The number of aromatic nitrogens is 1. The van der Waals surface area contributed by atoms with Crippen molar-refractivity contribution in [1.29, 1.82) is 0 Å². The molecule has 0 saturated carbocycles. The van der Waals surface area contributed by atoms with Gasteiger partial charge < -0.3 is 9.88 Å². The lowest BCUT2D eigenvalue weighted by molar-refractivity contribution is -0.130. The molecule has 0 spiro atoms. The van der Waals surface area contributed by atoms with E-state index in [2.05, 4.69) is 58.4 Å². The van der Waals surface area contributed by atoms with Crippen LogP contribution in [0.4, 0.5) is 0 Å². The molecule has 1 N–H and O–H groups in total. The summed E-state index contributed by atoms with van der Waals surface area (Å²) < 4.78 is 0. The summed E-state index contributed by atoms with van der Waals surface area (Å²) in [6, 6.07) is 17.4. The van der Waals surface area contributed by atoms with Gasteiger partial charge in [0.1, 0.15) is 0 Å². The van der Waals surface area contributed by atoms with Crippen molar-refractivity contribution in [3.8, 4) is 11.1 Å². The first-order chi connectivity index (χ1) is 12.2. The molecule has 1 aliphatic rings. The number of piperazine rings is 1. The van der Waals surface area contributed by atoms with E-state index in [9.17, 15) is 4.79 Å². The van der Waals surface area contributed by atoms with Crippen LogP contribution in [0.2, 0.25) is 0 Å². The second kappa shape index (κ2) is 6.73. The van der Waals surface area contributed by atoms with Gasteiger partial charge in [-0.2, -0.15) is 0 Å². The van der Waals surface area contributed by atoms with E-state index < -0.39 is 0 Å². The Hall–Kier alpha value is -2.59. The zero-order valence-corrected chi connectivity index (χ0v) is 14.5. The molecule has 0 atom stereocenters. The van der Waals surface area contributed by atoms with Gasteiger partial charge in [-0.1, -0.05) is 24.3 Å². The van der Waals surface area contributed by atoms with Gasteiger partial charge >= 0.3 is 0 Å². The Morgan fingerprint density at radius 1 is 1.00 bits per heavy atom. The third-order valence-electron chi connectivity index (χ3n) is 5.04. The molecule has 0 radical (unpaired) electrons. The molecule has 0 bridgehead atoms. The number of rotatable bonds is 3. The van der Waals surface area contributed by atoms with E-state index in [0.717, 1.165) is 32.7 Å². The summed E-state index contributed by atoms with van der Waals surface area (Å²) >= 11 is 0. The fourth-order valence-corrected chi connectivity index (χ4v) is 3.56. The molecule has 1 fully saturated rings. The molecule has 4 heteroatoms.